The van der Waals surface area contributed by atoms with E-state index in [-0.39, 0.29) is 17.2 Å². The van der Waals surface area contributed by atoms with Crippen LogP contribution in [0.25, 0.3) is 0 Å². The second-order valence-corrected chi connectivity index (χ2v) is 6.64. The largest absolute Gasteiger partial charge is 0.477 e. The molecule has 0 unspecified atom stereocenters. The van der Waals surface area contributed by atoms with E-state index in [1.54, 1.807) is 23.2 Å². The van der Waals surface area contributed by atoms with Gasteiger partial charge in [0.1, 0.15) is 11.8 Å². The zero-order valence-electron chi connectivity index (χ0n) is 14.0. The van der Waals surface area contributed by atoms with Crippen molar-refractivity contribution in [1.82, 2.24) is 19.9 Å². The van der Waals surface area contributed by atoms with Crippen molar-refractivity contribution in [2.24, 2.45) is 11.3 Å². The number of ether oxygens (including phenoxy) is 2. The van der Waals surface area contributed by atoms with Crippen LogP contribution in [0.5, 0.6) is 5.88 Å². The molecule has 132 valence electrons. The average molecular weight is 351 g/mol. The first kappa shape index (κ1) is 16.4. The van der Waals surface area contributed by atoms with E-state index in [1.807, 2.05) is 6.07 Å². The second-order valence-electron chi connectivity index (χ2n) is 6.64. The number of hydrogen-bond donors (Lipinski definition) is 0. The van der Waals surface area contributed by atoms with Gasteiger partial charge >= 0.3 is 0 Å². The molecule has 0 saturated carbocycles. The summed E-state index contributed by atoms with van der Waals surface area (Å²) in [5.41, 5.74) is 0.574. The maximum atomic E-state index is 12.7. The van der Waals surface area contributed by atoms with E-state index in [1.165, 1.54) is 18.6 Å². The van der Waals surface area contributed by atoms with Crippen LogP contribution in [0.1, 0.15) is 16.1 Å². The smallest absolute Gasteiger partial charge is 0.274 e. The molecule has 4 heterocycles. The average Bonchev–Trinajstić information content (AvgIpc) is 3.24. The summed E-state index contributed by atoms with van der Waals surface area (Å²) in [7, 11) is 0. The van der Waals surface area contributed by atoms with Gasteiger partial charge < -0.3 is 14.4 Å². The minimum absolute atomic E-state index is 0.122. The third-order valence-corrected chi connectivity index (χ3v) is 4.96. The van der Waals surface area contributed by atoms with Gasteiger partial charge in [0.25, 0.3) is 5.91 Å². The molecule has 2 aromatic rings. The summed E-state index contributed by atoms with van der Waals surface area (Å²) < 4.78 is 11.5. The highest BCUT2D eigenvalue weighted by Crippen LogP contribution is 2.42. The fourth-order valence-corrected chi connectivity index (χ4v) is 3.51. The SMILES string of the molecule is N#Cc1ccc(OC[C@@]23COC[C@@H]2CN(C(=O)c2cnccn2)C3)nc1. The Kier molecular flexibility index (Phi) is 4.22. The van der Waals surface area contributed by atoms with Gasteiger partial charge in [-0.05, 0) is 6.07 Å². The quantitative estimate of drug-likeness (QED) is 0.807. The minimum atomic E-state index is -0.256. The van der Waals surface area contributed by atoms with Crippen LogP contribution in [0, 0.1) is 22.7 Å². The number of aromatic nitrogens is 3. The molecular formula is C18H17N5O3. The lowest BCUT2D eigenvalue weighted by molar-refractivity contribution is 0.0650. The zero-order valence-corrected chi connectivity index (χ0v) is 14.0. The molecule has 2 aromatic heterocycles. The predicted molar refractivity (Wildman–Crippen MR) is 89.1 cm³/mol. The van der Waals surface area contributed by atoms with Crippen molar-refractivity contribution in [2.75, 3.05) is 32.9 Å². The second kappa shape index (κ2) is 6.69. The number of fused-ring (bicyclic) bond motifs is 1. The maximum absolute atomic E-state index is 12.7. The molecule has 2 aliphatic heterocycles. The van der Waals surface area contributed by atoms with Gasteiger partial charge in [0.2, 0.25) is 5.88 Å². The molecule has 0 N–H and O–H groups in total. The Morgan fingerprint density at radius 1 is 1.38 bits per heavy atom. The summed E-state index contributed by atoms with van der Waals surface area (Å²) in [6.07, 6.45) is 6.02. The van der Waals surface area contributed by atoms with Crippen molar-refractivity contribution in [2.45, 2.75) is 0 Å². The fourth-order valence-electron chi connectivity index (χ4n) is 3.51. The molecule has 4 rings (SSSR count). The molecule has 0 bridgehead atoms. The molecule has 0 spiro atoms. The Hall–Kier alpha value is -3.05. The number of likely N-dealkylation sites (tertiary alicyclic amines) is 1. The van der Waals surface area contributed by atoms with Gasteiger partial charge in [-0.3, -0.25) is 9.78 Å². The van der Waals surface area contributed by atoms with Crippen molar-refractivity contribution >= 4 is 5.91 Å². The molecule has 0 aromatic carbocycles. The Labute approximate surface area is 150 Å². The van der Waals surface area contributed by atoms with E-state index in [2.05, 4.69) is 15.0 Å². The lowest BCUT2D eigenvalue weighted by Gasteiger charge is -2.26. The summed E-state index contributed by atoms with van der Waals surface area (Å²) in [6, 6.07) is 5.37. The molecule has 1 amide bonds. The summed E-state index contributed by atoms with van der Waals surface area (Å²) in [5.74, 6) is 0.549. The Morgan fingerprint density at radius 3 is 3.04 bits per heavy atom. The lowest BCUT2D eigenvalue weighted by Crippen LogP contribution is -2.38. The van der Waals surface area contributed by atoms with Gasteiger partial charge in [0, 0.05) is 43.7 Å². The first-order valence-corrected chi connectivity index (χ1v) is 8.32. The number of nitriles is 1. The number of carbonyl (C=O) groups is 1. The van der Waals surface area contributed by atoms with Gasteiger partial charge in [-0.15, -0.1) is 0 Å². The van der Waals surface area contributed by atoms with E-state index in [0.29, 0.717) is 50.0 Å². The van der Waals surface area contributed by atoms with Crippen LogP contribution in [0.15, 0.2) is 36.9 Å². The standard InChI is InChI=1S/C18H17N5O3/c19-5-13-1-2-16(22-6-13)26-12-18-10-23(8-14(18)9-25-11-18)17(24)15-7-20-3-4-21-15/h1-4,6-7,14H,8-12H2/t14-,18+/m0/s1. The Balaban J connectivity index is 1.46. The van der Waals surface area contributed by atoms with Crippen LogP contribution in [0.3, 0.4) is 0 Å². The number of nitrogens with zero attached hydrogens (tertiary/aromatic N) is 5. The van der Waals surface area contributed by atoms with E-state index in [4.69, 9.17) is 14.7 Å². The molecule has 0 aliphatic carbocycles. The molecule has 2 aliphatic rings. The third-order valence-electron chi connectivity index (χ3n) is 4.96. The van der Waals surface area contributed by atoms with Crippen LogP contribution >= 0.6 is 0 Å². The molecule has 0 radical (unpaired) electrons. The molecule has 8 nitrogen and oxygen atoms in total. The monoisotopic (exact) mass is 351 g/mol. The van der Waals surface area contributed by atoms with E-state index in [0.717, 1.165) is 0 Å². The Morgan fingerprint density at radius 2 is 2.31 bits per heavy atom. The highest BCUT2D eigenvalue weighted by molar-refractivity contribution is 5.92. The van der Waals surface area contributed by atoms with E-state index < -0.39 is 0 Å². The molecular weight excluding hydrogens is 334 g/mol. The highest BCUT2D eigenvalue weighted by Gasteiger charge is 2.52. The van der Waals surface area contributed by atoms with Crippen LogP contribution < -0.4 is 4.74 Å². The highest BCUT2D eigenvalue weighted by atomic mass is 16.5. The van der Waals surface area contributed by atoms with Gasteiger partial charge in [0.05, 0.1) is 37.0 Å². The number of hydrogen-bond acceptors (Lipinski definition) is 7. The summed E-state index contributed by atoms with van der Waals surface area (Å²) >= 11 is 0. The van der Waals surface area contributed by atoms with Gasteiger partial charge in [0.15, 0.2) is 0 Å². The van der Waals surface area contributed by atoms with Crippen molar-refractivity contribution in [3.05, 3.63) is 48.2 Å². The first-order valence-electron chi connectivity index (χ1n) is 8.32. The molecule has 2 atom stereocenters. The molecule has 26 heavy (non-hydrogen) atoms. The lowest BCUT2D eigenvalue weighted by atomic mass is 9.82. The Bertz CT molecular complexity index is 836. The van der Waals surface area contributed by atoms with Gasteiger partial charge in [-0.2, -0.15) is 5.26 Å². The predicted octanol–water partition coefficient (Wildman–Crippen LogP) is 0.911. The van der Waals surface area contributed by atoms with Crippen LogP contribution in [0.2, 0.25) is 0 Å². The molecule has 2 saturated heterocycles. The van der Waals surface area contributed by atoms with Crippen LogP contribution in [-0.2, 0) is 4.74 Å². The third kappa shape index (κ3) is 2.97. The van der Waals surface area contributed by atoms with Gasteiger partial charge in [-0.25, -0.2) is 9.97 Å². The maximum Gasteiger partial charge on any atom is 0.274 e. The number of carbonyl (C=O) groups excluding carboxylic acids is 1. The van der Waals surface area contributed by atoms with Crippen molar-refractivity contribution < 1.29 is 14.3 Å². The van der Waals surface area contributed by atoms with Crippen LogP contribution in [-0.4, -0.2) is 58.7 Å². The minimum Gasteiger partial charge on any atom is -0.477 e. The van der Waals surface area contributed by atoms with Crippen molar-refractivity contribution in [3.8, 4) is 11.9 Å². The normalized spacial score (nSPS) is 24.1. The van der Waals surface area contributed by atoms with Crippen molar-refractivity contribution in [3.63, 3.8) is 0 Å². The number of rotatable bonds is 4. The van der Waals surface area contributed by atoms with Gasteiger partial charge in [-0.1, -0.05) is 0 Å². The number of amides is 1. The fraction of sp³-hybridized carbons (Fsp3) is 0.389. The zero-order chi connectivity index (χ0) is 18.0. The summed E-state index contributed by atoms with van der Waals surface area (Å²) in [6.45, 7) is 2.70. The van der Waals surface area contributed by atoms with E-state index in [9.17, 15) is 4.79 Å². The van der Waals surface area contributed by atoms with E-state index >= 15 is 0 Å². The van der Waals surface area contributed by atoms with Crippen LogP contribution in [0.4, 0.5) is 0 Å². The summed E-state index contributed by atoms with van der Waals surface area (Å²) in [5, 5.41) is 8.83. The van der Waals surface area contributed by atoms with Crippen molar-refractivity contribution in [1.29, 1.82) is 5.26 Å². The molecule has 8 heteroatoms. The number of pyridine rings is 1. The summed E-state index contributed by atoms with van der Waals surface area (Å²) in [4.78, 5) is 26.7. The first-order chi connectivity index (χ1) is 12.7. The molecule has 2 fully saturated rings. The topological polar surface area (TPSA) is 101 Å².